The van der Waals surface area contributed by atoms with Crippen molar-refractivity contribution < 1.29 is 19.2 Å². The van der Waals surface area contributed by atoms with E-state index in [1.807, 2.05) is 6.92 Å². The van der Waals surface area contributed by atoms with Crippen molar-refractivity contribution in [3.63, 3.8) is 0 Å². The van der Waals surface area contributed by atoms with Gasteiger partial charge in [-0.3, -0.25) is 14.9 Å². The van der Waals surface area contributed by atoms with E-state index in [4.69, 9.17) is 4.74 Å². The van der Waals surface area contributed by atoms with Crippen LogP contribution in [0.5, 0.6) is 0 Å². The van der Waals surface area contributed by atoms with E-state index in [2.05, 4.69) is 21.2 Å². The third-order valence-corrected chi connectivity index (χ3v) is 6.21. The van der Waals surface area contributed by atoms with Gasteiger partial charge in [-0.25, -0.2) is 4.79 Å². The number of nitro benzene ring substituents is 1. The zero-order chi connectivity index (χ0) is 18.8. The highest BCUT2D eigenvalue weighted by Crippen LogP contribution is 2.49. The number of carbonyl (C=O) groups is 2. The average Bonchev–Trinajstić information content (AvgIpc) is 3.23. The fourth-order valence-electron chi connectivity index (χ4n) is 4.30. The molecule has 0 saturated heterocycles. The van der Waals surface area contributed by atoms with E-state index >= 15 is 0 Å². The number of rotatable bonds is 6. The van der Waals surface area contributed by atoms with E-state index in [0.717, 1.165) is 18.4 Å². The largest absolute Gasteiger partial charge is 0.452 e. The van der Waals surface area contributed by atoms with Crippen molar-refractivity contribution in [2.45, 2.75) is 38.6 Å². The minimum atomic E-state index is -0.761. The highest BCUT2D eigenvalue weighted by atomic mass is 79.9. The Morgan fingerprint density at radius 1 is 1.38 bits per heavy atom. The van der Waals surface area contributed by atoms with E-state index in [-0.39, 0.29) is 27.7 Å². The number of hydrogen-bond donors (Lipinski definition) is 1. The number of nitrogens with one attached hydrogen (secondary N) is 1. The SMILES string of the molecule is CC(NC(=O)COC(=O)c1ccc(Br)c([N+](=O)[O-])c1)C1CC2CCC1C2. The van der Waals surface area contributed by atoms with Crippen LogP contribution in [0.25, 0.3) is 0 Å². The van der Waals surface area contributed by atoms with E-state index < -0.39 is 17.5 Å². The fourth-order valence-corrected chi connectivity index (χ4v) is 4.69. The highest BCUT2D eigenvalue weighted by Gasteiger charge is 2.42. The Labute approximate surface area is 159 Å². The predicted molar refractivity (Wildman–Crippen MR) is 97.6 cm³/mol. The lowest BCUT2D eigenvalue weighted by molar-refractivity contribution is -0.385. The molecule has 4 unspecified atom stereocenters. The first-order valence-corrected chi connectivity index (χ1v) is 9.55. The minimum absolute atomic E-state index is 0.0360. The van der Waals surface area contributed by atoms with E-state index in [1.165, 1.54) is 31.4 Å². The molecule has 2 saturated carbocycles. The van der Waals surface area contributed by atoms with Crippen LogP contribution in [0, 0.1) is 27.9 Å². The van der Waals surface area contributed by atoms with Crippen LogP contribution in [0.4, 0.5) is 5.69 Å². The molecular formula is C18H21BrN2O5. The molecule has 2 aliphatic rings. The standard InChI is InChI=1S/C18H21BrN2O5/c1-10(14-7-11-2-3-12(14)6-11)20-17(22)9-26-18(23)13-4-5-15(19)16(8-13)21(24)25/h4-5,8,10-12,14H,2-3,6-7,9H2,1H3,(H,20,22). The maximum Gasteiger partial charge on any atom is 0.338 e. The normalized spacial score (nSPS) is 24.9. The Kier molecular flexibility index (Phi) is 5.60. The molecule has 1 aromatic carbocycles. The van der Waals surface area contributed by atoms with Crippen LogP contribution in [0.3, 0.4) is 0 Å². The van der Waals surface area contributed by atoms with Gasteiger partial charge in [0, 0.05) is 12.1 Å². The molecule has 3 rings (SSSR count). The van der Waals surface area contributed by atoms with Crippen molar-refractivity contribution in [1.29, 1.82) is 0 Å². The number of carbonyl (C=O) groups excluding carboxylic acids is 2. The van der Waals surface area contributed by atoms with Crippen LogP contribution in [-0.4, -0.2) is 29.4 Å². The van der Waals surface area contributed by atoms with Crippen molar-refractivity contribution in [2.75, 3.05) is 6.61 Å². The molecule has 2 aliphatic carbocycles. The summed E-state index contributed by atoms with van der Waals surface area (Å²) in [5, 5.41) is 13.8. The van der Waals surface area contributed by atoms with Gasteiger partial charge in [0.2, 0.25) is 0 Å². The topological polar surface area (TPSA) is 98.5 Å². The maximum absolute atomic E-state index is 12.1. The Morgan fingerprint density at radius 3 is 2.77 bits per heavy atom. The lowest BCUT2D eigenvalue weighted by Crippen LogP contribution is -2.42. The van der Waals surface area contributed by atoms with Gasteiger partial charge in [0.15, 0.2) is 6.61 Å². The first-order valence-electron chi connectivity index (χ1n) is 8.75. The highest BCUT2D eigenvalue weighted by molar-refractivity contribution is 9.10. The molecule has 26 heavy (non-hydrogen) atoms. The number of hydrogen-bond acceptors (Lipinski definition) is 5. The summed E-state index contributed by atoms with van der Waals surface area (Å²) >= 11 is 3.06. The van der Waals surface area contributed by atoms with Gasteiger partial charge in [0.25, 0.3) is 11.6 Å². The summed E-state index contributed by atoms with van der Waals surface area (Å²) in [6.45, 7) is 1.61. The summed E-state index contributed by atoms with van der Waals surface area (Å²) in [6.07, 6.45) is 4.97. The smallest absolute Gasteiger partial charge is 0.338 e. The van der Waals surface area contributed by atoms with Crippen LogP contribution in [0.15, 0.2) is 22.7 Å². The first kappa shape index (κ1) is 18.8. The number of nitro groups is 1. The number of fused-ring (bicyclic) bond motifs is 2. The van der Waals surface area contributed by atoms with Crippen LogP contribution in [0.1, 0.15) is 43.0 Å². The van der Waals surface area contributed by atoms with Gasteiger partial charge in [0.1, 0.15) is 0 Å². The number of benzene rings is 1. The molecule has 2 fully saturated rings. The summed E-state index contributed by atoms with van der Waals surface area (Å²) < 4.78 is 5.28. The van der Waals surface area contributed by atoms with Gasteiger partial charge in [-0.1, -0.05) is 6.42 Å². The Hall–Kier alpha value is -1.96. The fraction of sp³-hybridized carbons (Fsp3) is 0.556. The van der Waals surface area contributed by atoms with E-state index in [1.54, 1.807) is 0 Å². The summed E-state index contributed by atoms with van der Waals surface area (Å²) in [7, 11) is 0. The quantitative estimate of drug-likeness (QED) is 0.428. The average molecular weight is 425 g/mol. The molecule has 4 atom stereocenters. The summed E-state index contributed by atoms with van der Waals surface area (Å²) in [4.78, 5) is 34.4. The lowest BCUT2D eigenvalue weighted by atomic mass is 9.84. The Bertz CT molecular complexity index is 738. The van der Waals surface area contributed by atoms with Crippen LogP contribution in [-0.2, 0) is 9.53 Å². The second-order valence-corrected chi connectivity index (χ2v) is 8.05. The molecule has 140 valence electrons. The Morgan fingerprint density at radius 2 is 2.15 bits per heavy atom. The van der Waals surface area contributed by atoms with Crippen molar-refractivity contribution in [3.8, 4) is 0 Å². The van der Waals surface area contributed by atoms with Gasteiger partial charge in [-0.15, -0.1) is 0 Å². The zero-order valence-electron chi connectivity index (χ0n) is 14.4. The van der Waals surface area contributed by atoms with Gasteiger partial charge in [0.05, 0.1) is 15.0 Å². The van der Waals surface area contributed by atoms with Gasteiger partial charge in [-0.2, -0.15) is 0 Å². The van der Waals surface area contributed by atoms with Crippen molar-refractivity contribution >= 4 is 33.5 Å². The van der Waals surface area contributed by atoms with Crippen molar-refractivity contribution in [1.82, 2.24) is 5.32 Å². The molecular weight excluding hydrogens is 404 g/mol. The van der Waals surface area contributed by atoms with E-state index in [0.29, 0.717) is 11.8 Å². The second kappa shape index (κ2) is 7.73. The summed E-state index contributed by atoms with van der Waals surface area (Å²) in [5.74, 6) is 0.891. The molecule has 7 nitrogen and oxygen atoms in total. The molecule has 0 radical (unpaired) electrons. The summed E-state index contributed by atoms with van der Waals surface area (Å²) in [6, 6.07) is 4.01. The molecule has 2 bridgehead atoms. The molecule has 0 aliphatic heterocycles. The predicted octanol–water partition coefficient (Wildman–Crippen LogP) is 3.46. The monoisotopic (exact) mass is 424 g/mol. The summed E-state index contributed by atoms with van der Waals surface area (Å²) in [5.41, 5.74) is -0.192. The lowest BCUT2D eigenvalue weighted by Gasteiger charge is -2.28. The van der Waals surface area contributed by atoms with Gasteiger partial charge < -0.3 is 10.1 Å². The van der Waals surface area contributed by atoms with Crippen molar-refractivity contribution in [3.05, 3.63) is 38.3 Å². The first-order chi connectivity index (χ1) is 12.3. The molecule has 1 N–H and O–H groups in total. The van der Waals surface area contributed by atoms with Crippen LogP contribution >= 0.6 is 15.9 Å². The number of amides is 1. The van der Waals surface area contributed by atoms with E-state index in [9.17, 15) is 19.7 Å². The zero-order valence-corrected chi connectivity index (χ0v) is 16.0. The van der Waals surface area contributed by atoms with Gasteiger partial charge >= 0.3 is 5.97 Å². The molecule has 0 spiro atoms. The molecule has 8 heteroatoms. The molecule has 0 aromatic heterocycles. The number of esters is 1. The number of ether oxygens (including phenoxy) is 1. The minimum Gasteiger partial charge on any atom is -0.452 e. The van der Waals surface area contributed by atoms with Gasteiger partial charge in [-0.05, 0) is 72.0 Å². The third-order valence-electron chi connectivity index (χ3n) is 5.54. The molecule has 0 heterocycles. The van der Waals surface area contributed by atoms with Crippen LogP contribution in [0.2, 0.25) is 0 Å². The number of halogens is 1. The third kappa shape index (κ3) is 4.06. The Balaban J connectivity index is 1.50. The number of nitrogens with zero attached hydrogens (tertiary/aromatic N) is 1. The second-order valence-electron chi connectivity index (χ2n) is 7.19. The molecule has 1 aromatic rings. The molecule has 1 amide bonds. The van der Waals surface area contributed by atoms with Crippen molar-refractivity contribution in [2.24, 2.45) is 17.8 Å². The van der Waals surface area contributed by atoms with Crippen LogP contribution < -0.4 is 5.32 Å². The maximum atomic E-state index is 12.1.